The fourth-order valence-electron chi connectivity index (χ4n) is 1.31. The lowest BCUT2D eigenvalue weighted by atomic mass is 10.2. The van der Waals surface area contributed by atoms with Crippen molar-refractivity contribution in [2.75, 3.05) is 0 Å². The van der Waals surface area contributed by atoms with Crippen molar-refractivity contribution in [1.82, 2.24) is 9.97 Å². The molecule has 1 aliphatic rings. The van der Waals surface area contributed by atoms with E-state index >= 15 is 0 Å². The van der Waals surface area contributed by atoms with Crippen LogP contribution in [0.1, 0.15) is 18.7 Å². The first kappa shape index (κ1) is 6.61. The Morgan fingerprint density at radius 3 is 3.00 bits per heavy atom. The molecule has 0 unspecified atom stereocenters. The number of nitrogens with zero attached hydrogens (tertiary/aromatic N) is 1. The molecule has 58 valence electrons. The summed E-state index contributed by atoms with van der Waals surface area (Å²) >= 11 is 0. The zero-order valence-electron chi connectivity index (χ0n) is 6.30. The van der Waals surface area contributed by atoms with Crippen molar-refractivity contribution in [3.05, 3.63) is 16.5 Å². The summed E-state index contributed by atoms with van der Waals surface area (Å²) in [5.41, 5.74) is 5.44. The maximum absolute atomic E-state index is 5.44. The number of fused-ring (bicyclic) bond motifs is 1. The summed E-state index contributed by atoms with van der Waals surface area (Å²) in [5, 5.41) is 2.20. The zero-order valence-corrected chi connectivity index (χ0v) is 6.30. The highest BCUT2D eigenvalue weighted by atomic mass is 14.9. The molecule has 1 aromatic heterocycles. The Hall–Kier alpha value is -1.09. The molecule has 1 aliphatic carbocycles. The van der Waals surface area contributed by atoms with Crippen LogP contribution in [-0.2, 0) is 6.54 Å². The van der Waals surface area contributed by atoms with Gasteiger partial charge in [-0.1, -0.05) is 12.2 Å². The summed E-state index contributed by atoms with van der Waals surface area (Å²) in [4.78, 5) is 7.46. The second kappa shape index (κ2) is 2.51. The van der Waals surface area contributed by atoms with E-state index in [-0.39, 0.29) is 0 Å². The van der Waals surface area contributed by atoms with Gasteiger partial charge < -0.3 is 10.7 Å². The number of aromatic amines is 1. The number of hydrogen-bond acceptors (Lipinski definition) is 2. The molecule has 11 heavy (non-hydrogen) atoms. The lowest BCUT2D eigenvalue weighted by molar-refractivity contribution is 0.943. The molecule has 0 aromatic carbocycles. The van der Waals surface area contributed by atoms with Gasteiger partial charge in [-0.3, -0.25) is 0 Å². The Morgan fingerprint density at radius 1 is 1.45 bits per heavy atom. The molecular weight excluding hydrogens is 138 g/mol. The molecule has 0 fully saturated rings. The van der Waals surface area contributed by atoms with Crippen LogP contribution >= 0.6 is 0 Å². The molecule has 1 aromatic rings. The van der Waals surface area contributed by atoms with Gasteiger partial charge in [0.15, 0.2) is 0 Å². The van der Waals surface area contributed by atoms with E-state index < -0.39 is 0 Å². The van der Waals surface area contributed by atoms with E-state index in [1.807, 2.05) is 0 Å². The molecule has 3 N–H and O–H groups in total. The number of nitrogens with one attached hydrogen (secondary N) is 1. The Balaban J connectivity index is 2.66. The van der Waals surface area contributed by atoms with Crippen molar-refractivity contribution in [2.24, 2.45) is 5.73 Å². The van der Waals surface area contributed by atoms with Crippen molar-refractivity contribution in [2.45, 2.75) is 19.4 Å². The van der Waals surface area contributed by atoms with Crippen molar-refractivity contribution < 1.29 is 0 Å². The average molecular weight is 149 g/mol. The van der Waals surface area contributed by atoms with Gasteiger partial charge >= 0.3 is 0 Å². The Morgan fingerprint density at radius 2 is 2.27 bits per heavy atom. The largest absolute Gasteiger partial charge is 0.341 e. The van der Waals surface area contributed by atoms with Crippen molar-refractivity contribution >= 4 is 12.2 Å². The summed E-state index contributed by atoms with van der Waals surface area (Å²) < 4.78 is 0. The predicted molar refractivity (Wildman–Crippen MR) is 43.9 cm³/mol. The van der Waals surface area contributed by atoms with Gasteiger partial charge in [-0.2, -0.15) is 0 Å². The van der Waals surface area contributed by atoms with E-state index in [0.717, 1.165) is 29.4 Å². The number of H-pyrrole nitrogens is 1. The Kier molecular flexibility index (Phi) is 1.51. The van der Waals surface area contributed by atoms with Gasteiger partial charge in [-0.15, -0.1) is 0 Å². The summed E-state index contributed by atoms with van der Waals surface area (Å²) in [6.45, 7) is 0.495. The second-order valence-electron chi connectivity index (χ2n) is 2.67. The Bertz CT molecular complexity index is 328. The standard InChI is InChI=1S/C8H11N3/c9-5-8-10-6-3-1-2-4-7(6)11-8/h3-4H,1-2,5,9H2,(H,10,11). The topological polar surface area (TPSA) is 54.7 Å². The fraction of sp³-hybridized carbons (Fsp3) is 0.375. The van der Waals surface area contributed by atoms with Crippen molar-refractivity contribution in [3.63, 3.8) is 0 Å². The van der Waals surface area contributed by atoms with Crippen LogP contribution in [0.5, 0.6) is 0 Å². The van der Waals surface area contributed by atoms with Crippen LogP contribution in [0.15, 0.2) is 0 Å². The molecule has 0 amide bonds. The lowest BCUT2D eigenvalue weighted by Crippen LogP contribution is -2.26. The third-order valence-electron chi connectivity index (χ3n) is 1.86. The minimum Gasteiger partial charge on any atom is -0.341 e. The molecule has 0 atom stereocenters. The van der Waals surface area contributed by atoms with Gasteiger partial charge in [-0.05, 0) is 12.8 Å². The first-order chi connectivity index (χ1) is 5.40. The third-order valence-corrected chi connectivity index (χ3v) is 1.86. The number of aromatic nitrogens is 2. The summed E-state index contributed by atoms with van der Waals surface area (Å²) in [7, 11) is 0. The molecule has 0 bridgehead atoms. The molecule has 0 radical (unpaired) electrons. The highest BCUT2D eigenvalue weighted by molar-refractivity contribution is 5.33. The van der Waals surface area contributed by atoms with E-state index in [1.54, 1.807) is 0 Å². The van der Waals surface area contributed by atoms with Crippen LogP contribution in [0.2, 0.25) is 0 Å². The fourth-order valence-corrected chi connectivity index (χ4v) is 1.31. The van der Waals surface area contributed by atoms with E-state index in [0.29, 0.717) is 6.54 Å². The SMILES string of the molecule is NCc1nc2c([nH]1)=CCCC=2. The van der Waals surface area contributed by atoms with Gasteiger partial charge in [0.2, 0.25) is 0 Å². The number of hydrogen-bond donors (Lipinski definition) is 2. The van der Waals surface area contributed by atoms with E-state index in [1.165, 1.54) is 0 Å². The second-order valence-corrected chi connectivity index (χ2v) is 2.67. The minimum atomic E-state index is 0.495. The summed E-state index contributed by atoms with van der Waals surface area (Å²) in [5.74, 6) is 0.879. The Labute approximate surface area is 64.6 Å². The number of imidazole rings is 1. The first-order valence-corrected chi connectivity index (χ1v) is 3.85. The smallest absolute Gasteiger partial charge is 0.121 e. The van der Waals surface area contributed by atoms with E-state index in [9.17, 15) is 0 Å². The quantitative estimate of drug-likeness (QED) is 0.550. The van der Waals surface area contributed by atoms with Gasteiger partial charge in [0.1, 0.15) is 5.82 Å². The van der Waals surface area contributed by atoms with E-state index in [2.05, 4.69) is 22.1 Å². The summed E-state index contributed by atoms with van der Waals surface area (Å²) in [6, 6.07) is 0. The van der Waals surface area contributed by atoms with Crippen LogP contribution in [0.3, 0.4) is 0 Å². The molecule has 0 aliphatic heterocycles. The lowest BCUT2D eigenvalue weighted by Gasteiger charge is -1.89. The highest BCUT2D eigenvalue weighted by Crippen LogP contribution is 1.93. The molecular formula is C8H11N3. The maximum atomic E-state index is 5.44. The third kappa shape index (κ3) is 1.07. The van der Waals surface area contributed by atoms with E-state index in [4.69, 9.17) is 5.73 Å². The van der Waals surface area contributed by atoms with Gasteiger partial charge in [0.25, 0.3) is 0 Å². The minimum absolute atomic E-state index is 0.495. The highest BCUT2D eigenvalue weighted by Gasteiger charge is 1.98. The first-order valence-electron chi connectivity index (χ1n) is 3.85. The van der Waals surface area contributed by atoms with Gasteiger partial charge in [0.05, 0.1) is 17.2 Å². The van der Waals surface area contributed by atoms with Crippen LogP contribution in [0, 0.1) is 0 Å². The average Bonchev–Trinajstić information content (AvgIpc) is 2.46. The molecule has 0 spiro atoms. The molecule has 0 saturated carbocycles. The summed E-state index contributed by atoms with van der Waals surface area (Å²) in [6.07, 6.45) is 6.52. The molecule has 2 rings (SSSR count). The zero-order chi connectivity index (χ0) is 7.68. The van der Waals surface area contributed by atoms with Crippen molar-refractivity contribution in [3.8, 4) is 0 Å². The van der Waals surface area contributed by atoms with Crippen LogP contribution in [0.25, 0.3) is 12.2 Å². The monoisotopic (exact) mass is 149 g/mol. The van der Waals surface area contributed by atoms with Gasteiger partial charge in [0, 0.05) is 0 Å². The number of rotatable bonds is 1. The maximum Gasteiger partial charge on any atom is 0.121 e. The normalized spacial score (nSPS) is 15.0. The van der Waals surface area contributed by atoms with Crippen LogP contribution in [-0.4, -0.2) is 9.97 Å². The van der Waals surface area contributed by atoms with Gasteiger partial charge in [-0.25, -0.2) is 4.98 Å². The molecule has 0 saturated heterocycles. The van der Waals surface area contributed by atoms with Crippen LogP contribution < -0.4 is 16.4 Å². The van der Waals surface area contributed by atoms with Crippen molar-refractivity contribution in [1.29, 1.82) is 0 Å². The number of nitrogens with two attached hydrogens (primary N) is 1. The predicted octanol–water partition coefficient (Wildman–Crippen LogP) is -0.777. The molecule has 1 heterocycles. The molecule has 3 nitrogen and oxygen atoms in total. The molecule has 3 heteroatoms. The van der Waals surface area contributed by atoms with Crippen LogP contribution in [0.4, 0.5) is 0 Å².